The van der Waals surface area contributed by atoms with Gasteiger partial charge in [0.05, 0.1) is 12.1 Å². The number of halogens is 2. The zero-order valence-corrected chi connectivity index (χ0v) is 10.6. The zero-order valence-electron chi connectivity index (χ0n) is 10.6. The normalized spacial score (nSPS) is 24.7. The third kappa shape index (κ3) is 2.40. The number of aliphatic hydroxyl groups excluding tert-OH is 1. The van der Waals surface area contributed by atoms with Crippen LogP contribution in [0.4, 0.5) is 13.6 Å². The lowest BCUT2D eigenvalue weighted by molar-refractivity contribution is 0.0815. The maximum absolute atomic E-state index is 13.4. The van der Waals surface area contributed by atoms with E-state index < -0.39 is 35.3 Å². The van der Waals surface area contributed by atoms with Gasteiger partial charge in [0.25, 0.3) is 0 Å². The Hall–Kier alpha value is -1.69. The Bertz CT molecular complexity index is 531. The van der Waals surface area contributed by atoms with E-state index in [1.807, 2.05) is 0 Å². The van der Waals surface area contributed by atoms with E-state index >= 15 is 0 Å². The van der Waals surface area contributed by atoms with E-state index in [0.717, 1.165) is 12.1 Å². The van der Waals surface area contributed by atoms with Gasteiger partial charge in [-0.25, -0.2) is 13.6 Å². The number of carbonyl (C=O) groups is 1. The lowest BCUT2D eigenvalue weighted by atomic mass is 9.69. The van der Waals surface area contributed by atoms with Gasteiger partial charge in [-0.2, -0.15) is 0 Å². The van der Waals surface area contributed by atoms with E-state index in [1.165, 1.54) is 0 Å². The first-order valence-electron chi connectivity index (χ1n) is 5.89. The molecule has 104 valence electrons. The summed E-state index contributed by atoms with van der Waals surface area (Å²) in [6.45, 7) is 3.59. The maximum atomic E-state index is 13.4. The van der Waals surface area contributed by atoms with Crippen molar-refractivity contribution in [3.63, 3.8) is 0 Å². The van der Waals surface area contributed by atoms with Crippen LogP contribution in [0, 0.1) is 11.6 Å². The molecule has 0 saturated carbocycles. The molecule has 4 nitrogen and oxygen atoms in total. The van der Waals surface area contributed by atoms with E-state index in [-0.39, 0.29) is 12.0 Å². The SMILES string of the molecule is CC1(C)C[C@@H](O)[C@H](NC(=O)O)c2cc(F)c(F)cc21. The number of nitrogens with one attached hydrogen (secondary N) is 1. The Morgan fingerprint density at radius 2 is 1.95 bits per heavy atom. The molecule has 1 aliphatic carbocycles. The number of carboxylic acid groups (broad SMARTS) is 1. The smallest absolute Gasteiger partial charge is 0.405 e. The quantitative estimate of drug-likeness (QED) is 0.734. The topological polar surface area (TPSA) is 69.6 Å². The van der Waals surface area contributed by atoms with E-state index in [9.17, 15) is 18.7 Å². The van der Waals surface area contributed by atoms with Gasteiger partial charge < -0.3 is 15.5 Å². The number of hydrogen-bond acceptors (Lipinski definition) is 2. The van der Waals surface area contributed by atoms with Crippen LogP contribution in [0.1, 0.15) is 37.4 Å². The Kier molecular flexibility index (Phi) is 3.22. The molecule has 6 heteroatoms. The van der Waals surface area contributed by atoms with Crippen molar-refractivity contribution in [2.45, 2.75) is 37.8 Å². The molecule has 0 radical (unpaired) electrons. The summed E-state index contributed by atoms with van der Waals surface area (Å²) < 4.78 is 26.7. The summed E-state index contributed by atoms with van der Waals surface area (Å²) in [6.07, 6.45) is -2.04. The first-order valence-corrected chi connectivity index (χ1v) is 5.89. The molecule has 0 aromatic heterocycles. The number of benzene rings is 1. The fraction of sp³-hybridized carbons (Fsp3) is 0.462. The number of rotatable bonds is 1. The van der Waals surface area contributed by atoms with Crippen LogP contribution in [0.3, 0.4) is 0 Å². The van der Waals surface area contributed by atoms with Crippen molar-refractivity contribution in [1.82, 2.24) is 5.32 Å². The molecule has 0 unspecified atom stereocenters. The molecule has 3 N–H and O–H groups in total. The Morgan fingerprint density at radius 3 is 2.53 bits per heavy atom. The fourth-order valence-corrected chi connectivity index (χ4v) is 2.67. The second-order valence-corrected chi connectivity index (χ2v) is 5.44. The molecule has 0 aliphatic heterocycles. The minimum absolute atomic E-state index is 0.260. The molecule has 1 aromatic carbocycles. The predicted molar refractivity (Wildman–Crippen MR) is 63.9 cm³/mol. The summed E-state index contributed by atoms with van der Waals surface area (Å²) in [5.41, 5.74) is 0.237. The number of fused-ring (bicyclic) bond motifs is 1. The van der Waals surface area contributed by atoms with Gasteiger partial charge in [-0.1, -0.05) is 13.8 Å². The van der Waals surface area contributed by atoms with Crippen molar-refractivity contribution in [2.75, 3.05) is 0 Å². The summed E-state index contributed by atoms with van der Waals surface area (Å²) >= 11 is 0. The molecule has 19 heavy (non-hydrogen) atoms. The molecule has 0 heterocycles. The van der Waals surface area contributed by atoms with Crippen LogP contribution in [0.25, 0.3) is 0 Å². The number of hydrogen-bond donors (Lipinski definition) is 3. The minimum Gasteiger partial charge on any atom is -0.465 e. The highest BCUT2D eigenvalue weighted by Gasteiger charge is 2.40. The van der Waals surface area contributed by atoms with E-state index in [2.05, 4.69) is 5.32 Å². The van der Waals surface area contributed by atoms with Gasteiger partial charge in [0, 0.05) is 0 Å². The fourth-order valence-electron chi connectivity index (χ4n) is 2.67. The van der Waals surface area contributed by atoms with Crippen LogP contribution >= 0.6 is 0 Å². The first kappa shape index (κ1) is 13.7. The first-order chi connectivity index (χ1) is 8.72. The van der Waals surface area contributed by atoms with Crippen molar-refractivity contribution in [3.8, 4) is 0 Å². The summed E-state index contributed by atoms with van der Waals surface area (Å²) in [6, 6.07) is 1.08. The lowest BCUT2D eigenvalue weighted by Crippen LogP contribution is -2.44. The molecule has 0 saturated heterocycles. The van der Waals surface area contributed by atoms with E-state index in [1.54, 1.807) is 13.8 Å². The molecular weight excluding hydrogens is 256 g/mol. The Balaban J connectivity index is 2.58. The second kappa shape index (κ2) is 4.45. The van der Waals surface area contributed by atoms with Crippen LogP contribution < -0.4 is 5.32 Å². The summed E-state index contributed by atoms with van der Waals surface area (Å²) in [7, 11) is 0. The van der Waals surface area contributed by atoms with Gasteiger partial charge in [0.15, 0.2) is 11.6 Å². The third-order valence-electron chi connectivity index (χ3n) is 3.54. The largest absolute Gasteiger partial charge is 0.465 e. The number of aliphatic hydroxyl groups is 1. The van der Waals surface area contributed by atoms with Gasteiger partial charge in [-0.15, -0.1) is 0 Å². The van der Waals surface area contributed by atoms with Crippen LogP contribution in [0.15, 0.2) is 12.1 Å². The summed E-state index contributed by atoms with van der Waals surface area (Å²) in [4.78, 5) is 10.7. The average Bonchev–Trinajstić information content (AvgIpc) is 2.26. The molecule has 0 bridgehead atoms. The van der Waals surface area contributed by atoms with Crippen LogP contribution in [0.2, 0.25) is 0 Å². The lowest BCUT2D eigenvalue weighted by Gasteiger charge is -2.40. The third-order valence-corrected chi connectivity index (χ3v) is 3.54. The van der Waals surface area contributed by atoms with Crippen molar-refractivity contribution in [1.29, 1.82) is 0 Å². The van der Waals surface area contributed by atoms with Crippen molar-refractivity contribution >= 4 is 6.09 Å². The zero-order chi connectivity index (χ0) is 14.4. The highest BCUT2D eigenvalue weighted by Crippen LogP contribution is 2.42. The predicted octanol–water partition coefficient (Wildman–Crippen LogP) is 2.32. The van der Waals surface area contributed by atoms with Crippen molar-refractivity contribution in [2.24, 2.45) is 0 Å². The van der Waals surface area contributed by atoms with E-state index in [0.29, 0.717) is 5.56 Å². The summed E-state index contributed by atoms with van der Waals surface area (Å²) in [5, 5.41) is 20.9. The van der Waals surface area contributed by atoms with Crippen molar-refractivity contribution < 1.29 is 23.8 Å². The Labute approximate surface area is 109 Å². The second-order valence-electron chi connectivity index (χ2n) is 5.44. The summed E-state index contributed by atoms with van der Waals surface area (Å²) in [5.74, 6) is -2.03. The minimum atomic E-state index is -1.32. The van der Waals surface area contributed by atoms with Crippen LogP contribution in [0.5, 0.6) is 0 Å². The molecule has 1 aliphatic rings. The maximum Gasteiger partial charge on any atom is 0.405 e. The molecule has 1 aromatic rings. The van der Waals surface area contributed by atoms with Gasteiger partial charge in [0.1, 0.15) is 0 Å². The molecular formula is C13H15F2NO3. The van der Waals surface area contributed by atoms with Crippen molar-refractivity contribution in [3.05, 3.63) is 34.9 Å². The molecule has 1 amide bonds. The standard InChI is InChI=1S/C13H15F2NO3/c1-13(2)5-10(17)11(16-12(18)19)6-3-8(14)9(15)4-7(6)13/h3-4,10-11,16-17H,5H2,1-2H3,(H,18,19)/t10-,11-/m1/s1. The van der Waals surface area contributed by atoms with Gasteiger partial charge in [0.2, 0.25) is 0 Å². The molecule has 0 spiro atoms. The number of amides is 1. The molecule has 2 atom stereocenters. The monoisotopic (exact) mass is 271 g/mol. The van der Waals surface area contributed by atoms with E-state index in [4.69, 9.17) is 5.11 Å². The average molecular weight is 271 g/mol. The highest BCUT2D eigenvalue weighted by atomic mass is 19.2. The Morgan fingerprint density at radius 1 is 1.37 bits per heavy atom. The van der Waals surface area contributed by atoms with Gasteiger partial charge in [-0.3, -0.25) is 0 Å². The molecule has 2 rings (SSSR count). The van der Waals surface area contributed by atoms with Crippen LogP contribution in [-0.2, 0) is 5.41 Å². The highest BCUT2D eigenvalue weighted by molar-refractivity contribution is 5.65. The molecule has 0 fully saturated rings. The van der Waals surface area contributed by atoms with Gasteiger partial charge in [-0.05, 0) is 35.1 Å². The van der Waals surface area contributed by atoms with Gasteiger partial charge >= 0.3 is 6.09 Å². The van der Waals surface area contributed by atoms with Crippen LogP contribution in [-0.4, -0.2) is 22.4 Å².